The lowest BCUT2D eigenvalue weighted by Gasteiger charge is -2.33. The predicted molar refractivity (Wildman–Crippen MR) is 75.3 cm³/mol. The minimum atomic E-state index is -1.26. The molecule has 0 unspecified atom stereocenters. The molecule has 0 aliphatic rings. The van der Waals surface area contributed by atoms with Gasteiger partial charge in [-0.05, 0) is 17.5 Å². The summed E-state index contributed by atoms with van der Waals surface area (Å²) in [6, 6.07) is 21.1. The molecule has 1 atom stereocenters. The van der Waals surface area contributed by atoms with Crippen LogP contribution >= 0.6 is 0 Å². The molecule has 0 saturated heterocycles. The molecule has 0 spiro atoms. The maximum atomic E-state index is 11.2. The summed E-state index contributed by atoms with van der Waals surface area (Å²) in [5.74, 6) is -0.475. The van der Waals surface area contributed by atoms with Gasteiger partial charge in [0.2, 0.25) is 0 Å². The predicted octanol–water partition coefficient (Wildman–Crippen LogP) is 3.47. The lowest BCUT2D eigenvalue weighted by atomic mass is 9.75. The molecule has 0 radical (unpaired) electrons. The summed E-state index contributed by atoms with van der Waals surface area (Å²) in [7, 11) is 0. The van der Waals surface area contributed by atoms with E-state index >= 15 is 0 Å². The van der Waals surface area contributed by atoms with Crippen molar-refractivity contribution < 1.29 is 5.11 Å². The SMILES string of the molecule is CC[C@@H](C#N)C(O)(c1ccccc1)c1ccccc1. The van der Waals surface area contributed by atoms with Crippen LogP contribution in [0, 0.1) is 17.2 Å². The van der Waals surface area contributed by atoms with E-state index in [2.05, 4.69) is 6.07 Å². The molecule has 2 aromatic carbocycles. The van der Waals surface area contributed by atoms with Crippen molar-refractivity contribution in [1.82, 2.24) is 0 Å². The van der Waals surface area contributed by atoms with E-state index in [4.69, 9.17) is 0 Å². The van der Waals surface area contributed by atoms with E-state index in [1.54, 1.807) is 0 Å². The standard InChI is InChI=1S/C17H17NO/c1-2-14(13-18)17(19,15-9-5-3-6-10-15)16-11-7-4-8-12-16/h3-12,14,19H,2H2,1H3/t14-/m0/s1. The monoisotopic (exact) mass is 251 g/mol. The van der Waals surface area contributed by atoms with Gasteiger partial charge < -0.3 is 5.11 Å². The Hall–Kier alpha value is -2.11. The van der Waals surface area contributed by atoms with E-state index in [1.165, 1.54) is 0 Å². The molecule has 0 fully saturated rings. The van der Waals surface area contributed by atoms with Crippen LogP contribution in [0.4, 0.5) is 0 Å². The number of hydrogen-bond acceptors (Lipinski definition) is 2. The highest BCUT2D eigenvalue weighted by Gasteiger charge is 2.39. The fourth-order valence-corrected chi connectivity index (χ4v) is 2.43. The molecule has 2 rings (SSSR count). The molecule has 0 aliphatic heterocycles. The van der Waals surface area contributed by atoms with Gasteiger partial charge in [-0.1, -0.05) is 67.6 Å². The number of rotatable bonds is 4. The van der Waals surface area contributed by atoms with Crippen LogP contribution in [0.1, 0.15) is 24.5 Å². The van der Waals surface area contributed by atoms with Crippen LogP contribution in [0.3, 0.4) is 0 Å². The third-order valence-corrected chi connectivity index (χ3v) is 3.50. The second kappa shape index (κ2) is 5.69. The smallest absolute Gasteiger partial charge is 0.130 e. The summed E-state index contributed by atoms with van der Waals surface area (Å²) in [5.41, 5.74) is 0.260. The Labute approximate surface area is 114 Å². The zero-order chi connectivity index (χ0) is 13.7. The fraction of sp³-hybridized carbons (Fsp3) is 0.235. The maximum Gasteiger partial charge on any atom is 0.130 e. The Morgan fingerprint density at radius 3 is 1.74 bits per heavy atom. The molecule has 0 heterocycles. The average molecular weight is 251 g/mol. The van der Waals surface area contributed by atoms with E-state index < -0.39 is 11.5 Å². The highest BCUT2D eigenvalue weighted by molar-refractivity contribution is 5.38. The number of nitrogens with zero attached hydrogens (tertiary/aromatic N) is 1. The molecule has 2 heteroatoms. The van der Waals surface area contributed by atoms with Crippen LogP contribution in [-0.4, -0.2) is 5.11 Å². The first-order valence-electron chi connectivity index (χ1n) is 6.46. The van der Waals surface area contributed by atoms with Gasteiger partial charge >= 0.3 is 0 Å². The maximum absolute atomic E-state index is 11.2. The Kier molecular flexibility index (Phi) is 3.99. The highest BCUT2D eigenvalue weighted by Crippen LogP contribution is 2.38. The van der Waals surface area contributed by atoms with E-state index in [9.17, 15) is 10.4 Å². The van der Waals surface area contributed by atoms with Gasteiger partial charge in [0.25, 0.3) is 0 Å². The molecule has 19 heavy (non-hydrogen) atoms. The zero-order valence-corrected chi connectivity index (χ0v) is 11.0. The molecule has 0 aromatic heterocycles. The molecule has 0 bridgehead atoms. The van der Waals surface area contributed by atoms with E-state index in [0.717, 1.165) is 11.1 Å². The summed E-state index contributed by atoms with van der Waals surface area (Å²) < 4.78 is 0. The minimum Gasteiger partial charge on any atom is -0.379 e. The third kappa shape index (κ3) is 2.38. The van der Waals surface area contributed by atoms with Crippen LogP contribution in [-0.2, 0) is 5.60 Å². The second-order valence-corrected chi connectivity index (χ2v) is 4.59. The molecular formula is C17H17NO. The van der Waals surface area contributed by atoms with Gasteiger partial charge in [-0.2, -0.15) is 5.26 Å². The number of nitriles is 1. The van der Waals surface area contributed by atoms with Crippen molar-refractivity contribution in [3.63, 3.8) is 0 Å². The van der Waals surface area contributed by atoms with Crippen LogP contribution in [0.5, 0.6) is 0 Å². The van der Waals surface area contributed by atoms with Crippen LogP contribution in [0.15, 0.2) is 60.7 Å². The fourth-order valence-electron chi connectivity index (χ4n) is 2.43. The van der Waals surface area contributed by atoms with Crippen LogP contribution in [0.25, 0.3) is 0 Å². The first-order chi connectivity index (χ1) is 9.23. The lowest BCUT2D eigenvalue weighted by molar-refractivity contribution is 0.0378. The quantitative estimate of drug-likeness (QED) is 0.904. The van der Waals surface area contributed by atoms with Gasteiger partial charge in [0.05, 0.1) is 12.0 Å². The number of aliphatic hydroxyl groups is 1. The van der Waals surface area contributed by atoms with E-state index in [-0.39, 0.29) is 0 Å². The molecule has 0 aliphatic carbocycles. The van der Waals surface area contributed by atoms with Crippen molar-refractivity contribution in [2.75, 3.05) is 0 Å². The Bertz CT molecular complexity index is 517. The average Bonchev–Trinajstić information content (AvgIpc) is 2.50. The summed E-state index contributed by atoms with van der Waals surface area (Å²) in [5, 5.41) is 20.6. The van der Waals surface area contributed by atoms with Gasteiger partial charge in [-0.3, -0.25) is 0 Å². The molecule has 2 nitrogen and oxygen atoms in total. The Balaban J connectivity index is 2.61. The Morgan fingerprint density at radius 1 is 1.00 bits per heavy atom. The van der Waals surface area contributed by atoms with Crippen LogP contribution in [0.2, 0.25) is 0 Å². The van der Waals surface area contributed by atoms with E-state index in [0.29, 0.717) is 6.42 Å². The molecule has 2 aromatic rings. The summed E-state index contributed by atoms with van der Waals surface area (Å²) >= 11 is 0. The minimum absolute atomic E-state index is 0.475. The molecule has 0 saturated carbocycles. The van der Waals surface area contributed by atoms with Gasteiger partial charge in [-0.15, -0.1) is 0 Å². The molecule has 1 N–H and O–H groups in total. The normalized spacial score (nSPS) is 12.7. The van der Waals surface area contributed by atoms with Crippen molar-refractivity contribution >= 4 is 0 Å². The first kappa shape index (κ1) is 13.3. The first-order valence-corrected chi connectivity index (χ1v) is 6.46. The molecule has 0 amide bonds. The van der Waals surface area contributed by atoms with Crippen LogP contribution < -0.4 is 0 Å². The van der Waals surface area contributed by atoms with Gasteiger partial charge in [0, 0.05) is 0 Å². The van der Waals surface area contributed by atoms with Crippen molar-refractivity contribution in [2.24, 2.45) is 5.92 Å². The van der Waals surface area contributed by atoms with Crippen molar-refractivity contribution in [3.05, 3.63) is 71.8 Å². The zero-order valence-electron chi connectivity index (χ0n) is 11.0. The Morgan fingerprint density at radius 2 is 1.42 bits per heavy atom. The third-order valence-electron chi connectivity index (χ3n) is 3.50. The summed E-state index contributed by atoms with van der Waals surface area (Å²) in [4.78, 5) is 0. The second-order valence-electron chi connectivity index (χ2n) is 4.59. The highest BCUT2D eigenvalue weighted by atomic mass is 16.3. The molecular weight excluding hydrogens is 234 g/mol. The van der Waals surface area contributed by atoms with Gasteiger partial charge in [-0.25, -0.2) is 0 Å². The number of hydrogen-bond donors (Lipinski definition) is 1. The summed E-state index contributed by atoms with van der Waals surface area (Å²) in [6.07, 6.45) is 0.594. The lowest BCUT2D eigenvalue weighted by Crippen LogP contribution is -2.35. The van der Waals surface area contributed by atoms with E-state index in [1.807, 2.05) is 67.6 Å². The largest absolute Gasteiger partial charge is 0.379 e. The van der Waals surface area contributed by atoms with Gasteiger partial charge in [0.15, 0.2) is 0 Å². The van der Waals surface area contributed by atoms with Crippen molar-refractivity contribution in [3.8, 4) is 6.07 Å². The van der Waals surface area contributed by atoms with Gasteiger partial charge in [0.1, 0.15) is 5.60 Å². The summed E-state index contributed by atoms with van der Waals surface area (Å²) in [6.45, 7) is 1.92. The number of benzene rings is 2. The topological polar surface area (TPSA) is 44.0 Å². The van der Waals surface area contributed by atoms with Crippen molar-refractivity contribution in [1.29, 1.82) is 5.26 Å². The van der Waals surface area contributed by atoms with Crippen molar-refractivity contribution in [2.45, 2.75) is 18.9 Å². The molecule has 96 valence electrons.